The van der Waals surface area contributed by atoms with Crippen LogP contribution >= 0.6 is 0 Å². The molecule has 192 valence electrons. The quantitative estimate of drug-likeness (QED) is 0.328. The number of amides is 1. The third-order valence-corrected chi connectivity index (χ3v) is 7.24. The van der Waals surface area contributed by atoms with E-state index in [9.17, 15) is 14.7 Å². The first-order valence-corrected chi connectivity index (χ1v) is 12.2. The summed E-state index contributed by atoms with van der Waals surface area (Å²) in [4.78, 5) is 36.4. The summed E-state index contributed by atoms with van der Waals surface area (Å²) in [6.07, 6.45) is 8.76. The van der Waals surface area contributed by atoms with E-state index in [0.717, 1.165) is 17.5 Å². The Morgan fingerprint density at radius 1 is 1.19 bits per heavy atom. The van der Waals surface area contributed by atoms with Gasteiger partial charge in [-0.25, -0.2) is 9.97 Å². The number of anilines is 1. The van der Waals surface area contributed by atoms with Gasteiger partial charge in [0.2, 0.25) is 5.82 Å². The summed E-state index contributed by atoms with van der Waals surface area (Å²) in [5, 5.41) is 25.4. The summed E-state index contributed by atoms with van der Waals surface area (Å²) in [5.41, 5.74) is 8.64. The minimum atomic E-state index is -0.916. The highest BCUT2D eigenvalue weighted by molar-refractivity contribution is 6.00. The Labute approximate surface area is 211 Å². The molecule has 37 heavy (non-hydrogen) atoms. The Morgan fingerprint density at radius 2 is 1.95 bits per heavy atom. The van der Waals surface area contributed by atoms with Crippen LogP contribution in [0.2, 0.25) is 0 Å². The first kappa shape index (κ1) is 23.3. The number of hydrogen-bond donors (Lipinski definition) is 3. The van der Waals surface area contributed by atoms with E-state index in [1.807, 2.05) is 11.1 Å². The molecule has 1 unspecified atom stereocenters. The number of H-pyrrole nitrogens is 1. The summed E-state index contributed by atoms with van der Waals surface area (Å²) in [6.45, 7) is 5.25. The Morgan fingerprint density at radius 3 is 2.59 bits per heavy atom. The van der Waals surface area contributed by atoms with Gasteiger partial charge in [-0.3, -0.25) is 19.4 Å². The minimum Gasteiger partial charge on any atom is -0.389 e. The van der Waals surface area contributed by atoms with E-state index in [1.54, 1.807) is 30.9 Å². The van der Waals surface area contributed by atoms with Crippen LogP contribution in [0.5, 0.6) is 0 Å². The van der Waals surface area contributed by atoms with Gasteiger partial charge >= 0.3 is 0 Å². The molecular formula is C24H28N10O3. The van der Waals surface area contributed by atoms with Gasteiger partial charge in [-0.2, -0.15) is 19.8 Å². The van der Waals surface area contributed by atoms with Crippen LogP contribution in [0.3, 0.4) is 0 Å². The lowest BCUT2D eigenvalue weighted by Crippen LogP contribution is -2.62. The molecule has 2 aliphatic heterocycles. The molecule has 3 fully saturated rings. The fourth-order valence-electron chi connectivity index (χ4n) is 5.74. The van der Waals surface area contributed by atoms with Crippen molar-refractivity contribution in [2.45, 2.75) is 70.2 Å². The van der Waals surface area contributed by atoms with E-state index in [2.05, 4.69) is 25.4 Å². The zero-order chi connectivity index (χ0) is 26.1. The predicted molar refractivity (Wildman–Crippen MR) is 132 cm³/mol. The summed E-state index contributed by atoms with van der Waals surface area (Å²) >= 11 is 0. The number of ketones is 1. The summed E-state index contributed by atoms with van der Waals surface area (Å²) < 4.78 is 3.16. The molecule has 1 amide bonds. The number of nitrogen functional groups attached to an aromatic ring is 1. The van der Waals surface area contributed by atoms with Crippen molar-refractivity contribution in [3.63, 3.8) is 0 Å². The minimum absolute atomic E-state index is 0.0323. The lowest BCUT2D eigenvalue weighted by atomic mass is 9.71. The molecule has 0 aromatic carbocycles. The molecular weight excluding hydrogens is 476 g/mol. The molecule has 7 rings (SSSR count). The Bertz CT molecular complexity index is 1500. The number of piperidine rings is 1. The lowest BCUT2D eigenvalue weighted by Gasteiger charge is -2.55. The van der Waals surface area contributed by atoms with Crippen molar-refractivity contribution in [2.24, 2.45) is 0 Å². The number of aliphatic hydroxyl groups is 1. The predicted octanol–water partition coefficient (Wildman–Crippen LogP) is 1.43. The van der Waals surface area contributed by atoms with Gasteiger partial charge in [0, 0.05) is 35.3 Å². The highest BCUT2D eigenvalue weighted by Gasteiger charge is 2.49. The van der Waals surface area contributed by atoms with Crippen LogP contribution in [0, 0.1) is 0 Å². The molecule has 1 saturated carbocycles. The van der Waals surface area contributed by atoms with Gasteiger partial charge in [0.25, 0.3) is 5.91 Å². The van der Waals surface area contributed by atoms with E-state index in [1.165, 1.54) is 17.8 Å². The van der Waals surface area contributed by atoms with Crippen molar-refractivity contribution < 1.29 is 14.7 Å². The molecule has 0 spiro atoms. The van der Waals surface area contributed by atoms with Gasteiger partial charge in [-0.1, -0.05) is 0 Å². The van der Waals surface area contributed by atoms with Gasteiger partial charge in [-0.15, -0.1) is 0 Å². The highest BCUT2D eigenvalue weighted by Crippen LogP contribution is 2.47. The number of carbonyl (C=O) groups is 2. The van der Waals surface area contributed by atoms with Crippen molar-refractivity contribution in [3.05, 3.63) is 42.0 Å². The number of nitrogens with zero attached hydrogens (tertiary/aromatic N) is 8. The van der Waals surface area contributed by atoms with Crippen molar-refractivity contribution in [2.75, 3.05) is 5.73 Å². The third kappa shape index (κ3) is 3.86. The standard InChI is InChI=1S/C24H28N10O3/c1-12(35)18-19(13-4-15-6-16(5-13)33(15)23(36)21-26-11-27-31-21)30-22-17(8-29-34(22)20(18)25)14-7-28-32(9-14)10-24(2,3)37/h7-9,11,13,15-16,37H,4-6,10,25H2,1-3H3,(H,26,27,31)/t13?,15-,16+. The van der Waals surface area contributed by atoms with Gasteiger partial charge in [0.1, 0.15) is 12.1 Å². The molecule has 6 heterocycles. The number of aromatic nitrogens is 8. The van der Waals surface area contributed by atoms with Crippen LogP contribution in [-0.2, 0) is 6.54 Å². The van der Waals surface area contributed by atoms with E-state index in [0.29, 0.717) is 36.3 Å². The second-order valence-electron chi connectivity index (χ2n) is 10.6. The number of fused-ring (bicyclic) bond motifs is 3. The molecule has 2 bridgehead atoms. The van der Waals surface area contributed by atoms with Crippen LogP contribution in [0.4, 0.5) is 5.82 Å². The Kier molecular flexibility index (Phi) is 5.16. The molecule has 4 N–H and O–H groups in total. The zero-order valence-electron chi connectivity index (χ0n) is 20.8. The van der Waals surface area contributed by atoms with Crippen LogP contribution in [0.15, 0.2) is 24.9 Å². The maximum atomic E-state index is 12.9. The molecule has 3 atom stereocenters. The SMILES string of the molecule is CC(=O)c1c(C2C[C@@H]3C[C@H](C2)N3C(=O)c2ncn[nH]2)nc2c(-c3cnn(CC(C)(C)O)c3)cnn2c1N. The number of hydrogen-bond acceptors (Lipinski definition) is 9. The van der Waals surface area contributed by atoms with Crippen molar-refractivity contribution in [3.8, 4) is 11.1 Å². The highest BCUT2D eigenvalue weighted by atomic mass is 16.3. The van der Waals surface area contributed by atoms with Gasteiger partial charge in [0.05, 0.1) is 35.8 Å². The zero-order valence-corrected chi connectivity index (χ0v) is 20.8. The molecule has 4 aromatic heterocycles. The Balaban J connectivity index is 1.36. The van der Waals surface area contributed by atoms with Crippen LogP contribution in [0.1, 0.15) is 72.6 Å². The van der Waals surface area contributed by atoms with Gasteiger partial charge in [0.15, 0.2) is 11.4 Å². The maximum Gasteiger partial charge on any atom is 0.291 e. The summed E-state index contributed by atoms with van der Waals surface area (Å²) in [5.74, 6) is 0.111. The van der Waals surface area contributed by atoms with E-state index in [4.69, 9.17) is 10.7 Å². The van der Waals surface area contributed by atoms with E-state index >= 15 is 0 Å². The number of nitrogens with two attached hydrogens (primary N) is 1. The lowest BCUT2D eigenvalue weighted by molar-refractivity contribution is -0.0203. The normalized spacial score (nSPS) is 21.3. The second kappa shape index (κ2) is 8.20. The van der Waals surface area contributed by atoms with Crippen LogP contribution < -0.4 is 5.73 Å². The number of aromatic amines is 1. The number of rotatable bonds is 6. The monoisotopic (exact) mass is 504 g/mol. The van der Waals surface area contributed by atoms with E-state index < -0.39 is 5.60 Å². The van der Waals surface area contributed by atoms with Crippen molar-refractivity contribution in [1.82, 2.24) is 44.5 Å². The second-order valence-corrected chi connectivity index (χ2v) is 10.6. The molecule has 4 aromatic rings. The molecule has 13 heteroatoms. The molecule has 2 saturated heterocycles. The average molecular weight is 505 g/mol. The first-order valence-electron chi connectivity index (χ1n) is 12.2. The average Bonchev–Trinajstić information content (AvgIpc) is 3.58. The smallest absolute Gasteiger partial charge is 0.291 e. The first-order chi connectivity index (χ1) is 17.6. The fourth-order valence-corrected chi connectivity index (χ4v) is 5.74. The van der Waals surface area contributed by atoms with Gasteiger partial charge < -0.3 is 15.7 Å². The number of carbonyl (C=O) groups excluding carboxylic acids is 2. The molecule has 13 nitrogen and oxygen atoms in total. The fraction of sp³-hybridized carbons (Fsp3) is 0.458. The molecule has 0 radical (unpaired) electrons. The van der Waals surface area contributed by atoms with Crippen molar-refractivity contribution in [1.29, 1.82) is 0 Å². The number of Topliss-reactive ketones (excluding diaryl/α,β-unsaturated/α-hetero) is 1. The topological polar surface area (TPSA) is 173 Å². The van der Waals surface area contributed by atoms with Crippen molar-refractivity contribution >= 4 is 23.2 Å². The Hall–Kier alpha value is -4.13. The maximum absolute atomic E-state index is 12.9. The summed E-state index contributed by atoms with van der Waals surface area (Å²) in [7, 11) is 0. The van der Waals surface area contributed by atoms with Gasteiger partial charge in [-0.05, 0) is 40.0 Å². The number of nitrogens with one attached hydrogen (secondary N) is 1. The largest absolute Gasteiger partial charge is 0.389 e. The van der Waals surface area contributed by atoms with E-state index in [-0.39, 0.29) is 41.3 Å². The third-order valence-electron chi connectivity index (χ3n) is 7.24. The van der Waals surface area contributed by atoms with Crippen LogP contribution in [-0.4, -0.2) is 78.9 Å². The molecule has 3 aliphatic rings. The molecule has 1 aliphatic carbocycles. The summed E-state index contributed by atoms with van der Waals surface area (Å²) in [6, 6.07) is 0.0646. The van der Waals surface area contributed by atoms with Crippen LogP contribution in [0.25, 0.3) is 16.8 Å².